The Morgan fingerprint density at radius 1 is 0.917 bits per heavy atom. The van der Waals surface area contributed by atoms with E-state index in [1.165, 1.54) is 31.5 Å². The van der Waals surface area contributed by atoms with E-state index in [1.54, 1.807) is 0 Å². The van der Waals surface area contributed by atoms with Crippen molar-refractivity contribution in [3.63, 3.8) is 0 Å². The summed E-state index contributed by atoms with van der Waals surface area (Å²) in [6.45, 7) is 3.73. The third-order valence-corrected chi connectivity index (χ3v) is 4.73. The summed E-state index contributed by atoms with van der Waals surface area (Å²) in [5, 5.41) is 11.6. The van der Waals surface area contributed by atoms with E-state index in [-0.39, 0.29) is 26.2 Å². The molecule has 3 nitrogen and oxygen atoms in total. The van der Waals surface area contributed by atoms with Crippen LogP contribution in [0.4, 0.5) is 30.7 Å². The molecule has 0 bridgehead atoms. The molecule has 3 rings (SSSR count). The van der Waals surface area contributed by atoms with E-state index in [1.807, 2.05) is 48.7 Å². The van der Waals surface area contributed by atoms with Crippen molar-refractivity contribution in [2.24, 2.45) is 5.41 Å². The number of fused-ring (bicyclic) bond motifs is 1. The van der Waals surface area contributed by atoms with Gasteiger partial charge in [0, 0.05) is 37.8 Å². The summed E-state index contributed by atoms with van der Waals surface area (Å²) >= 11 is 0. The molecular weight excluding hydrogens is 671 g/mol. The molecule has 1 heterocycles. The molecule has 2 aromatic carbocycles. The van der Waals surface area contributed by atoms with Gasteiger partial charge in [-0.25, -0.2) is 0 Å². The second kappa shape index (κ2) is 11.5. The number of aliphatic hydroxyl groups is 1. The van der Waals surface area contributed by atoms with Crippen molar-refractivity contribution in [2.75, 3.05) is 0 Å². The molecule has 0 spiro atoms. The fourth-order valence-corrected chi connectivity index (χ4v) is 2.64. The summed E-state index contributed by atoms with van der Waals surface area (Å²) < 4.78 is 86.1. The first-order chi connectivity index (χ1) is 16.0. The van der Waals surface area contributed by atoms with Gasteiger partial charge in [-0.15, -0.1) is 35.9 Å². The zero-order valence-electron chi connectivity index (χ0n) is 19.1. The molecule has 1 N–H and O–H groups in total. The molecule has 36 heavy (non-hydrogen) atoms. The Hall–Kier alpha value is -2.78. The number of pyridine rings is 1. The van der Waals surface area contributed by atoms with Crippen LogP contribution in [0, 0.1) is 11.5 Å². The number of aliphatic hydroxyl groups excluding tert-OH is 1. The van der Waals surface area contributed by atoms with Crippen molar-refractivity contribution in [2.45, 2.75) is 38.8 Å². The molecule has 0 aliphatic heterocycles. The van der Waals surface area contributed by atoms with Gasteiger partial charge in [0.05, 0.1) is 0 Å². The van der Waals surface area contributed by atoms with Crippen molar-refractivity contribution in [3.8, 4) is 11.3 Å². The molecule has 0 saturated carbocycles. The van der Waals surface area contributed by atoms with Crippen LogP contribution in [0.25, 0.3) is 22.0 Å². The number of alkyl halides is 7. The first-order valence-corrected chi connectivity index (χ1v) is 10.1. The third-order valence-electron chi connectivity index (χ3n) is 4.73. The maximum atomic E-state index is 12.9. The van der Waals surface area contributed by atoms with Gasteiger partial charge < -0.3 is 10.1 Å². The summed E-state index contributed by atoms with van der Waals surface area (Å²) in [6, 6.07) is 21.4. The van der Waals surface area contributed by atoms with Crippen LogP contribution in [0.1, 0.15) is 20.8 Å². The van der Waals surface area contributed by atoms with Crippen LogP contribution in [0.5, 0.6) is 0 Å². The summed E-state index contributed by atoms with van der Waals surface area (Å²) in [5.41, 5.74) is 0.789. The molecule has 0 saturated heterocycles. The minimum atomic E-state index is -6.59. The van der Waals surface area contributed by atoms with Crippen LogP contribution < -0.4 is 0 Å². The van der Waals surface area contributed by atoms with E-state index < -0.39 is 35.0 Å². The molecule has 0 fully saturated rings. The van der Waals surface area contributed by atoms with Crippen molar-refractivity contribution in [1.82, 2.24) is 4.98 Å². The maximum Gasteiger partial charge on any atom is 0.460 e. The topological polar surface area (TPSA) is 50.2 Å². The number of halogens is 7. The minimum absolute atomic E-state index is 0. The number of aromatic nitrogens is 1. The number of carbonyl (C=O) groups excluding carboxylic acids is 1. The Bertz CT molecular complexity index is 1200. The van der Waals surface area contributed by atoms with Gasteiger partial charge in [-0.05, 0) is 22.5 Å². The number of hydrogen-bond acceptors (Lipinski definition) is 3. The van der Waals surface area contributed by atoms with E-state index in [4.69, 9.17) is 5.11 Å². The zero-order valence-corrected chi connectivity index (χ0v) is 21.5. The largest absolute Gasteiger partial charge is 0.512 e. The molecule has 0 aliphatic rings. The molecule has 1 aromatic heterocycles. The summed E-state index contributed by atoms with van der Waals surface area (Å²) in [7, 11) is 0. The van der Waals surface area contributed by atoms with Gasteiger partial charge in [0.25, 0.3) is 0 Å². The monoisotopic (exact) mass is 693 g/mol. The summed E-state index contributed by atoms with van der Waals surface area (Å²) in [4.78, 5) is 15.3. The number of hydrogen-bond donors (Lipinski definition) is 1. The summed E-state index contributed by atoms with van der Waals surface area (Å²) in [6.07, 6.45) is -5.06. The van der Waals surface area contributed by atoms with Gasteiger partial charge in [-0.2, -0.15) is 30.7 Å². The van der Waals surface area contributed by atoms with E-state index in [9.17, 15) is 35.5 Å². The Balaban J connectivity index is 0.000000353. The second-order valence-corrected chi connectivity index (χ2v) is 8.45. The smallest absolute Gasteiger partial charge is 0.460 e. The van der Waals surface area contributed by atoms with Crippen molar-refractivity contribution < 1.29 is 60.7 Å². The van der Waals surface area contributed by atoms with E-state index >= 15 is 0 Å². The van der Waals surface area contributed by atoms with Crippen LogP contribution in [0.2, 0.25) is 0 Å². The Labute approximate surface area is 216 Å². The normalized spacial score (nSPS) is 12.9. The molecule has 197 valence electrons. The van der Waals surface area contributed by atoms with Crippen LogP contribution in [-0.2, 0) is 24.9 Å². The predicted molar refractivity (Wildman–Crippen MR) is 117 cm³/mol. The fourth-order valence-electron chi connectivity index (χ4n) is 2.64. The SMILES string of the molecule is CC(C)(C)/C(O)=C/C(=O)C(F)(F)C(F)(F)C(F)(F)F.[Ir].[c-]1ccccc1-c1nccc2ccccc12. The molecule has 1 radical (unpaired) electrons. The third kappa shape index (κ3) is 6.91. The first kappa shape index (κ1) is 31.2. The quantitative estimate of drug-likeness (QED) is 0.133. The van der Waals surface area contributed by atoms with Gasteiger partial charge in [0.15, 0.2) is 0 Å². The Kier molecular flexibility index (Phi) is 10.00. The number of rotatable bonds is 4. The molecule has 0 amide bonds. The van der Waals surface area contributed by atoms with Gasteiger partial charge in [0.1, 0.15) is 5.76 Å². The van der Waals surface area contributed by atoms with Gasteiger partial charge in [0.2, 0.25) is 5.78 Å². The second-order valence-electron chi connectivity index (χ2n) is 8.45. The average molecular weight is 693 g/mol. The van der Waals surface area contributed by atoms with E-state index in [0.717, 1.165) is 11.3 Å². The molecule has 0 unspecified atom stereocenters. The Morgan fingerprint density at radius 2 is 1.50 bits per heavy atom. The molecule has 11 heteroatoms. The van der Waals surface area contributed by atoms with Crippen molar-refractivity contribution in [3.05, 3.63) is 78.7 Å². The van der Waals surface area contributed by atoms with Gasteiger partial charge in [-0.1, -0.05) is 45.0 Å². The predicted octanol–water partition coefficient (Wildman–Crippen LogP) is 7.58. The number of carbonyl (C=O) groups is 1. The van der Waals surface area contributed by atoms with Gasteiger partial charge in [-0.3, -0.25) is 4.79 Å². The van der Waals surface area contributed by atoms with Crippen LogP contribution in [0.3, 0.4) is 0 Å². The molecule has 0 aliphatic carbocycles. The van der Waals surface area contributed by atoms with Gasteiger partial charge >= 0.3 is 18.0 Å². The van der Waals surface area contributed by atoms with Crippen molar-refractivity contribution in [1.29, 1.82) is 0 Å². The van der Waals surface area contributed by atoms with Crippen LogP contribution in [0.15, 0.2) is 72.6 Å². The van der Waals surface area contributed by atoms with Crippen LogP contribution >= 0.6 is 0 Å². The average Bonchev–Trinajstić information content (AvgIpc) is 2.78. The van der Waals surface area contributed by atoms with E-state index in [0.29, 0.717) is 0 Å². The van der Waals surface area contributed by atoms with Crippen molar-refractivity contribution >= 4 is 16.6 Å². The molecule has 3 aromatic rings. The molecule has 0 atom stereocenters. The standard InChI is InChI=1S/C15H10N.C10H11F7O2.Ir/c1-2-7-13(8-3-1)15-14-9-5-4-6-12(14)10-11-16-15;1-7(2,3)5(18)4-6(19)8(11,12)9(13,14)10(15,16)17;/h1-7,9-11H;4,18H,1-3H3;/q-1;;/b;5-4-;. The zero-order chi connectivity index (χ0) is 26.7. The minimum Gasteiger partial charge on any atom is -0.512 e. The number of allylic oxidation sites excluding steroid dienone is 2. The first-order valence-electron chi connectivity index (χ1n) is 10.1. The maximum absolute atomic E-state index is 12.9. The number of ketones is 1. The number of benzene rings is 2. The molecular formula is C25H21F7IrNO2-. The fraction of sp³-hybridized carbons (Fsp3) is 0.280. The summed E-state index contributed by atoms with van der Waals surface area (Å²) in [5.74, 6) is -16.4. The van der Waals surface area contributed by atoms with Crippen LogP contribution in [-0.4, -0.2) is 33.9 Å². The van der Waals surface area contributed by atoms with E-state index in [2.05, 4.69) is 23.2 Å². The Morgan fingerprint density at radius 3 is 2.03 bits per heavy atom. The number of nitrogens with zero attached hydrogens (tertiary/aromatic N) is 1.